The molecule has 0 fully saturated rings. The first-order valence-corrected chi connectivity index (χ1v) is 10.6. The van der Waals surface area contributed by atoms with Crippen molar-refractivity contribution < 1.29 is 17.9 Å². The summed E-state index contributed by atoms with van der Waals surface area (Å²) in [6.45, 7) is 1.98. The Balaban J connectivity index is 1.95. The van der Waals surface area contributed by atoms with E-state index in [1.54, 1.807) is 13.2 Å². The highest BCUT2D eigenvalue weighted by Gasteiger charge is 2.30. The maximum atomic E-state index is 11.6. The number of ether oxygens (including phenoxy) is 2. The lowest BCUT2D eigenvalue weighted by Gasteiger charge is -2.31. The Labute approximate surface area is 164 Å². The number of hydrogen-bond acceptors (Lipinski definition) is 4. The molecule has 2 N–H and O–H groups in total. The summed E-state index contributed by atoms with van der Waals surface area (Å²) >= 11 is 0. The van der Waals surface area contributed by atoms with Crippen LogP contribution in [0.4, 0.5) is 0 Å². The fraction of sp³-hybridized carbons (Fsp3) is 0.182. The number of aryl methyl sites for hydroxylation is 1. The first kappa shape index (κ1) is 18.5. The molecule has 0 saturated heterocycles. The van der Waals surface area contributed by atoms with E-state index in [4.69, 9.17) is 14.6 Å². The van der Waals surface area contributed by atoms with Crippen LogP contribution in [0, 0.1) is 6.92 Å². The molecule has 6 heteroatoms. The van der Waals surface area contributed by atoms with Gasteiger partial charge in [-0.05, 0) is 35.2 Å². The highest BCUT2D eigenvalue weighted by atomic mass is 32.2. The minimum atomic E-state index is -3.63. The minimum absolute atomic E-state index is 0.223. The molecular formula is C22H21NO4S. The predicted octanol–water partition coefficient (Wildman–Crippen LogP) is 3.94. The zero-order valence-corrected chi connectivity index (χ0v) is 16.5. The number of sulfonamides is 1. The molecule has 0 amide bonds. The molecular weight excluding hydrogens is 374 g/mol. The first-order chi connectivity index (χ1) is 13.4. The van der Waals surface area contributed by atoms with Gasteiger partial charge in [0.25, 0.3) is 0 Å². The van der Waals surface area contributed by atoms with Gasteiger partial charge in [0.1, 0.15) is 17.6 Å². The van der Waals surface area contributed by atoms with E-state index in [2.05, 4.69) is 0 Å². The molecule has 0 aliphatic carbocycles. The Kier molecular flexibility index (Phi) is 4.61. The van der Waals surface area contributed by atoms with Crippen LogP contribution in [0.25, 0.3) is 11.1 Å². The van der Waals surface area contributed by atoms with Crippen LogP contribution < -0.4 is 14.6 Å². The van der Waals surface area contributed by atoms with Gasteiger partial charge in [-0.25, -0.2) is 13.6 Å². The van der Waals surface area contributed by atoms with Crippen molar-refractivity contribution in [3.05, 3.63) is 82.9 Å². The average Bonchev–Trinajstić information content (AvgIpc) is 2.66. The van der Waals surface area contributed by atoms with Crippen LogP contribution in [0.3, 0.4) is 0 Å². The predicted molar refractivity (Wildman–Crippen MR) is 109 cm³/mol. The number of rotatable bonds is 4. The van der Waals surface area contributed by atoms with E-state index in [9.17, 15) is 8.42 Å². The van der Waals surface area contributed by atoms with Crippen molar-refractivity contribution in [1.82, 2.24) is 0 Å². The van der Waals surface area contributed by atoms with Crippen LogP contribution in [0.1, 0.15) is 28.4 Å². The number of nitrogens with two attached hydrogens (primary N) is 1. The standard InChI is InChI=1S/C22H21NO4S/c1-14-8-11-19-20(21(14)26-2)17-10-9-15(13-28(23,24)25)12-18(17)22(27-19)16-6-4-3-5-7-16/h3-12,22H,13H2,1-2H3,(H2,23,24,25). The van der Waals surface area contributed by atoms with Crippen LogP contribution >= 0.6 is 0 Å². The summed E-state index contributed by atoms with van der Waals surface area (Å²) < 4.78 is 35.2. The largest absolute Gasteiger partial charge is 0.496 e. The Morgan fingerprint density at radius 1 is 1.07 bits per heavy atom. The lowest BCUT2D eigenvalue weighted by Crippen LogP contribution is -2.18. The molecule has 1 aliphatic heterocycles. The fourth-order valence-electron chi connectivity index (χ4n) is 3.73. The summed E-state index contributed by atoms with van der Waals surface area (Å²) in [6, 6.07) is 19.4. The van der Waals surface area contributed by atoms with E-state index in [0.29, 0.717) is 5.56 Å². The molecule has 1 atom stereocenters. The van der Waals surface area contributed by atoms with E-state index in [-0.39, 0.29) is 11.9 Å². The lowest BCUT2D eigenvalue weighted by atomic mass is 9.87. The number of primary sulfonamides is 1. The maximum absolute atomic E-state index is 11.6. The third kappa shape index (κ3) is 3.37. The normalized spacial score (nSPS) is 15.3. The van der Waals surface area contributed by atoms with E-state index >= 15 is 0 Å². The molecule has 28 heavy (non-hydrogen) atoms. The van der Waals surface area contributed by atoms with Crippen molar-refractivity contribution in [2.24, 2.45) is 5.14 Å². The summed E-state index contributed by atoms with van der Waals surface area (Å²) in [5.41, 5.74) is 5.36. The summed E-state index contributed by atoms with van der Waals surface area (Å²) in [7, 11) is -1.99. The second-order valence-corrected chi connectivity index (χ2v) is 8.54. The molecule has 0 radical (unpaired) electrons. The number of methoxy groups -OCH3 is 1. The van der Waals surface area contributed by atoms with Crippen LogP contribution in [-0.2, 0) is 15.8 Å². The molecule has 0 bridgehead atoms. The molecule has 0 aromatic heterocycles. The number of fused-ring (bicyclic) bond motifs is 3. The monoisotopic (exact) mass is 395 g/mol. The van der Waals surface area contributed by atoms with Crippen LogP contribution in [0.5, 0.6) is 11.5 Å². The second-order valence-electron chi connectivity index (χ2n) is 6.93. The SMILES string of the molecule is COc1c(C)ccc2c1-c1ccc(CS(N)(=O)=O)cc1C(c1ccccc1)O2. The van der Waals surface area contributed by atoms with Crippen molar-refractivity contribution in [2.45, 2.75) is 18.8 Å². The van der Waals surface area contributed by atoms with E-state index in [0.717, 1.165) is 39.3 Å². The molecule has 0 saturated carbocycles. The third-order valence-electron chi connectivity index (χ3n) is 4.90. The summed E-state index contributed by atoms with van der Waals surface area (Å²) in [5.74, 6) is 1.27. The summed E-state index contributed by atoms with van der Waals surface area (Å²) in [4.78, 5) is 0. The van der Waals surface area contributed by atoms with Gasteiger partial charge in [0.15, 0.2) is 0 Å². The second kappa shape index (κ2) is 6.96. The zero-order valence-electron chi connectivity index (χ0n) is 15.7. The first-order valence-electron chi connectivity index (χ1n) is 8.90. The van der Waals surface area contributed by atoms with Gasteiger partial charge in [0.2, 0.25) is 10.0 Å². The summed E-state index contributed by atoms with van der Waals surface area (Å²) in [5, 5.41) is 5.25. The molecule has 1 unspecified atom stereocenters. The van der Waals surface area contributed by atoms with Gasteiger partial charge in [0, 0.05) is 5.56 Å². The number of hydrogen-bond donors (Lipinski definition) is 1. The lowest BCUT2D eigenvalue weighted by molar-refractivity contribution is 0.242. The zero-order chi connectivity index (χ0) is 19.9. The highest BCUT2D eigenvalue weighted by molar-refractivity contribution is 7.88. The molecule has 4 rings (SSSR count). The molecule has 144 valence electrons. The Hall–Kier alpha value is -2.83. The molecule has 1 heterocycles. The Morgan fingerprint density at radius 2 is 1.82 bits per heavy atom. The van der Waals surface area contributed by atoms with Crippen molar-refractivity contribution >= 4 is 10.0 Å². The number of benzene rings is 3. The molecule has 5 nitrogen and oxygen atoms in total. The van der Waals surface area contributed by atoms with Crippen molar-refractivity contribution in [3.8, 4) is 22.6 Å². The average molecular weight is 395 g/mol. The van der Waals surface area contributed by atoms with Crippen molar-refractivity contribution in [3.63, 3.8) is 0 Å². The molecule has 3 aromatic carbocycles. The summed E-state index contributed by atoms with van der Waals surface area (Å²) in [6.07, 6.45) is -0.350. The van der Waals surface area contributed by atoms with Crippen LogP contribution in [0.2, 0.25) is 0 Å². The van der Waals surface area contributed by atoms with Gasteiger partial charge in [-0.1, -0.05) is 54.6 Å². The molecule has 0 spiro atoms. The van der Waals surface area contributed by atoms with Gasteiger partial charge in [-0.3, -0.25) is 0 Å². The van der Waals surface area contributed by atoms with Crippen molar-refractivity contribution in [1.29, 1.82) is 0 Å². The fourth-order valence-corrected chi connectivity index (χ4v) is 4.37. The van der Waals surface area contributed by atoms with Crippen molar-refractivity contribution in [2.75, 3.05) is 7.11 Å². The van der Waals surface area contributed by atoms with Gasteiger partial charge < -0.3 is 9.47 Å². The Morgan fingerprint density at radius 3 is 2.50 bits per heavy atom. The highest BCUT2D eigenvalue weighted by Crippen LogP contribution is 2.50. The van der Waals surface area contributed by atoms with Gasteiger partial charge in [-0.2, -0.15) is 0 Å². The van der Waals surface area contributed by atoms with E-state index in [1.807, 2.05) is 61.5 Å². The van der Waals surface area contributed by atoms with Crippen LogP contribution in [0.15, 0.2) is 60.7 Å². The Bertz CT molecular complexity index is 1140. The smallest absolute Gasteiger partial charge is 0.213 e. The van der Waals surface area contributed by atoms with Crippen LogP contribution in [-0.4, -0.2) is 15.5 Å². The van der Waals surface area contributed by atoms with Gasteiger partial charge >= 0.3 is 0 Å². The van der Waals surface area contributed by atoms with E-state index < -0.39 is 10.0 Å². The third-order valence-corrected chi connectivity index (χ3v) is 5.64. The van der Waals surface area contributed by atoms with Gasteiger partial charge in [-0.15, -0.1) is 0 Å². The minimum Gasteiger partial charge on any atom is -0.496 e. The maximum Gasteiger partial charge on any atom is 0.213 e. The quantitative estimate of drug-likeness (QED) is 0.726. The topological polar surface area (TPSA) is 78.6 Å². The van der Waals surface area contributed by atoms with E-state index in [1.165, 1.54) is 0 Å². The molecule has 1 aliphatic rings. The molecule has 3 aromatic rings. The van der Waals surface area contributed by atoms with Gasteiger partial charge in [0.05, 0.1) is 18.4 Å².